The SMILES string of the molecule is O=C(c1nn(-c2ccc(Cl)c(F)c2)c2c1CCC2)N1CCC(Cc2cn(C3CCN(c4ccc(Br)cc4)C3=O)nn2)CC1. The Balaban J connectivity index is 0.976. The maximum atomic E-state index is 14.2. The van der Waals surface area contributed by atoms with Gasteiger partial charge in [0.15, 0.2) is 5.69 Å². The van der Waals surface area contributed by atoms with Gasteiger partial charge >= 0.3 is 0 Å². The van der Waals surface area contributed by atoms with E-state index in [2.05, 4.69) is 31.3 Å². The summed E-state index contributed by atoms with van der Waals surface area (Å²) in [5.41, 5.74) is 4.75. The first-order chi connectivity index (χ1) is 20.9. The molecular formula is C31H30BrClFN7O2. The standard InChI is InChI=1S/C31H30BrClFN7O2/c32-20-4-6-22(7-5-20)39-15-12-28(30(39)42)40-18-21(35-37-40)16-19-10-13-38(14-11-19)31(43)29-24-2-1-3-27(24)41(36-29)23-8-9-25(33)26(34)17-23/h4-9,17-19,28H,1-3,10-16H2. The lowest BCUT2D eigenvalue weighted by Crippen LogP contribution is -2.39. The molecule has 4 heterocycles. The maximum absolute atomic E-state index is 14.2. The lowest BCUT2D eigenvalue weighted by atomic mass is 9.92. The highest BCUT2D eigenvalue weighted by atomic mass is 79.9. The Morgan fingerprint density at radius 2 is 1.79 bits per heavy atom. The van der Waals surface area contributed by atoms with Crippen LogP contribution in [0.25, 0.3) is 5.69 Å². The molecular weight excluding hydrogens is 637 g/mol. The monoisotopic (exact) mass is 665 g/mol. The summed E-state index contributed by atoms with van der Waals surface area (Å²) in [7, 11) is 0. The predicted molar refractivity (Wildman–Crippen MR) is 163 cm³/mol. The van der Waals surface area contributed by atoms with Gasteiger partial charge < -0.3 is 9.80 Å². The molecule has 2 aromatic heterocycles. The lowest BCUT2D eigenvalue weighted by molar-refractivity contribution is -0.120. The zero-order chi connectivity index (χ0) is 29.7. The molecule has 7 rings (SSSR count). The van der Waals surface area contributed by atoms with E-state index in [1.807, 2.05) is 35.4 Å². The summed E-state index contributed by atoms with van der Waals surface area (Å²) in [5, 5.41) is 13.4. The lowest BCUT2D eigenvalue weighted by Gasteiger charge is -2.31. The van der Waals surface area contributed by atoms with Crippen molar-refractivity contribution in [1.29, 1.82) is 0 Å². The topological polar surface area (TPSA) is 89.2 Å². The third-order valence-corrected chi connectivity index (χ3v) is 9.71. The Bertz CT molecular complexity index is 1700. The Labute approximate surface area is 261 Å². The van der Waals surface area contributed by atoms with Crippen LogP contribution in [0.4, 0.5) is 10.1 Å². The third kappa shape index (κ3) is 5.37. The fraction of sp³-hybridized carbons (Fsp3) is 0.387. The van der Waals surface area contributed by atoms with Crippen molar-refractivity contribution in [3.63, 3.8) is 0 Å². The highest BCUT2D eigenvalue weighted by molar-refractivity contribution is 9.10. The van der Waals surface area contributed by atoms with Gasteiger partial charge in [0.2, 0.25) is 0 Å². The van der Waals surface area contributed by atoms with Crippen LogP contribution in [0.5, 0.6) is 0 Å². The number of piperidine rings is 1. The zero-order valence-electron chi connectivity index (χ0n) is 23.4. The van der Waals surface area contributed by atoms with Gasteiger partial charge in [-0.05, 0) is 87.3 Å². The van der Waals surface area contributed by atoms with Crippen LogP contribution in [0, 0.1) is 11.7 Å². The number of benzene rings is 2. The molecule has 1 aliphatic carbocycles. The van der Waals surface area contributed by atoms with E-state index in [0.29, 0.717) is 43.4 Å². The highest BCUT2D eigenvalue weighted by Crippen LogP contribution is 2.32. The smallest absolute Gasteiger partial charge is 0.274 e. The molecule has 43 heavy (non-hydrogen) atoms. The van der Waals surface area contributed by atoms with Crippen molar-refractivity contribution in [3.8, 4) is 5.69 Å². The van der Waals surface area contributed by atoms with E-state index in [-0.39, 0.29) is 22.9 Å². The molecule has 2 fully saturated rings. The minimum absolute atomic E-state index is 0.0284. The molecule has 2 aromatic carbocycles. The zero-order valence-corrected chi connectivity index (χ0v) is 25.8. The van der Waals surface area contributed by atoms with Crippen molar-refractivity contribution in [2.75, 3.05) is 24.5 Å². The number of halogens is 3. The van der Waals surface area contributed by atoms with Crippen molar-refractivity contribution >= 4 is 45.0 Å². The molecule has 3 aliphatic rings. The number of fused-ring (bicyclic) bond motifs is 1. The van der Waals surface area contributed by atoms with Crippen LogP contribution >= 0.6 is 27.5 Å². The van der Waals surface area contributed by atoms with E-state index >= 15 is 0 Å². The number of hydrogen-bond acceptors (Lipinski definition) is 5. The van der Waals surface area contributed by atoms with Crippen molar-refractivity contribution in [2.24, 2.45) is 5.92 Å². The largest absolute Gasteiger partial charge is 0.337 e. The van der Waals surface area contributed by atoms with E-state index in [0.717, 1.165) is 65.6 Å². The molecule has 1 atom stereocenters. The highest BCUT2D eigenvalue weighted by Gasteiger charge is 2.35. The first-order valence-corrected chi connectivity index (χ1v) is 15.9. The van der Waals surface area contributed by atoms with Crippen LogP contribution in [0.1, 0.15) is 59.2 Å². The molecule has 9 nitrogen and oxygen atoms in total. The van der Waals surface area contributed by atoms with Crippen LogP contribution in [0.2, 0.25) is 5.02 Å². The number of likely N-dealkylation sites (tertiary alicyclic amines) is 1. The second-order valence-corrected chi connectivity index (χ2v) is 12.9. The van der Waals surface area contributed by atoms with Gasteiger partial charge in [-0.3, -0.25) is 9.59 Å². The van der Waals surface area contributed by atoms with Gasteiger partial charge in [0, 0.05) is 53.3 Å². The van der Waals surface area contributed by atoms with Crippen molar-refractivity contribution in [1.82, 2.24) is 29.7 Å². The molecule has 0 radical (unpaired) electrons. The maximum Gasteiger partial charge on any atom is 0.274 e. The molecule has 0 saturated carbocycles. The Hall–Kier alpha value is -3.57. The van der Waals surface area contributed by atoms with Gasteiger partial charge in [0.1, 0.15) is 11.9 Å². The molecule has 12 heteroatoms. The van der Waals surface area contributed by atoms with Gasteiger partial charge in [-0.1, -0.05) is 32.7 Å². The Kier molecular flexibility index (Phi) is 7.54. The van der Waals surface area contributed by atoms with E-state index in [9.17, 15) is 14.0 Å². The number of aromatic nitrogens is 5. The van der Waals surface area contributed by atoms with Crippen LogP contribution in [-0.2, 0) is 24.1 Å². The molecule has 0 N–H and O–H groups in total. The van der Waals surface area contributed by atoms with E-state index < -0.39 is 5.82 Å². The minimum Gasteiger partial charge on any atom is -0.337 e. The number of carbonyl (C=O) groups is 2. The second-order valence-electron chi connectivity index (χ2n) is 11.5. The first kappa shape index (κ1) is 28.2. The summed E-state index contributed by atoms with van der Waals surface area (Å²) in [6, 6.07) is 12.0. The number of hydrogen-bond donors (Lipinski definition) is 0. The van der Waals surface area contributed by atoms with Gasteiger partial charge in [-0.15, -0.1) is 5.10 Å². The third-order valence-electron chi connectivity index (χ3n) is 8.87. The number of amides is 2. The summed E-state index contributed by atoms with van der Waals surface area (Å²) in [4.78, 5) is 30.4. The molecule has 0 bridgehead atoms. The van der Waals surface area contributed by atoms with Gasteiger partial charge in [0.25, 0.3) is 11.8 Å². The minimum atomic E-state index is -0.506. The Morgan fingerprint density at radius 1 is 1.02 bits per heavy atom. The van der Waals surface area contributed by atoms with E-state index in [1.54, 1.807) is 20.3 Å². The van der Waals surface area contributed by atoms with Crippen molar-refractivity contribution < 1.29 is 14.0 Å². The normalized spacial score (nSPS) is 19.0. The molecule has 2 saturated heterocycles. The summed E-state index contributed by atoms with van der Waals surface area (Å²) >= 11 is 9.32. The second kappa shape index (κ2) is 11.5. The van der Waals surface area contributed by atoms with E-state index in [4.69, 9.17) is 11.6 Å². The van der Waals surface area contributed by atoms with Crippen molar-refractivity contribution in [3.05, 3.63) is 86.6 Å². The molecule has 1 unspecified atom stereocenters. The van der Waals surface area contributed by atoms with Gasteiger partial charge in [-0.2, -0.15) is 5.10 Å². The van der Waals surface area contributed by atoms with Gasteiger partial charge in [0.05, 0.1) is 16.4 Å². The summed E-state index contributed by atoms with van der Waals surface area (Å²) in [6.45, 7) is 1.92. The van der Waals surface area contributed by atoms with Crippen LogP contribution < -0.4 is 4.90 Å². The summed E-state index contributed by atoms with van der Waals surface area (Å²) < 4.78 is 18.6. The van der Waals surface area contributed by atoms with Crippen molar-refractivity contribution in [2.45, 2.75) is 51.0 Å². The fourth-order valence-corrected chi connectivity index (χ4v) is 6.95. The number of anilines is 1. The molecule has 2 aliphatic heterocycles. The number of carbonyl (C=O) groups excluding carboxylic acids is 2. The predicted octanol–water partition coefficient (Wildman–Crippen LogP) is 5.58. The number of rotatable bonds is 6. The average molecular weight is 667 g/mol. The Morgan fingerprint density at radius 3 is 2.56 bits per heavy atom. The first-order valence-electron chi connectivity index (χ1n) is 14.7. The molecule has 4 aromatic rings. The quantitative estimate of drug-likeness (QED) is 0.268. The van der Waals surface area contributed by atoms with E-state index in [1.165, 1.54) is 12.1 Å². The average Bonchev–Trinajstić information content (AvgIpc) is 3.80. The molecule has 222 valence electrons. The molecule has 2 amide bonds. The van der Waals surface area contributed by atoms with Crippen LogP contribution in [0.15, 0.2) is 53.1 Å². The van der Waals surface area contributed by atoms with Crippen LogP contribution in [0.3, 0.4) is 0 Å². The summed E-state index contributed by atoms with van der Waals surface area (Å²) in [6.07, 6.45) is 7.59. The molecule has 0 spiro atoms. The summed E-state index contributed by atoms with van der Waals surface area (Å²) in [5.74, 6) is -0.173. The van der Waals surface area contributed by atoms with Gasteiger partial charge in [-0.25, -0.2) is 13.8 Å². The van der Waals surface area contributed by atoms with Crippen LogP contribution in [-0.4, -0.2) is 61.1 Å². The fourth-order valence-electron chi connectivity index (χ4n) is 6.57. The number of nitrogens with zero attached hydrogens (tertiary/aromatic N) is 7.